The van der Waals surface area contributed by atoms with Gasteiger partial charge in [0.2, 0.25) is 5.91 Å². The smallest absolute Gasteiger partial charge is 0.333 e. The zero-order chi connectivity index (χ0) is 22.2. The van der Waals surface area contributed by atoms with Gasteiger partial charge in [-0.1, -0.05) is 42.5 Å². The summed E-state index contributed by atoms with van der Waals surface area (Å²) < 4.78 is 12.0. The van der Waals surface area contributed by atoms with Crippen LogP contribution in [0.15, 0.2) is 47.3 Å². The lowest BCUT2D eigenvalue weighted by atomic mass is 10.0. The number of carbonyl (C=O) groups excluding carboxylic acids is 2. The molecule has 1 aromatic heterocycles. The van der Waals surface area contributed by atoms with Crippen LogP contribution in [0.3, 0.4) is 0 Å². The van der Waals surface area contributed by atoms with Crippen LogP contribution in [0.25, 0.3) is 22.9 Å². The molecular weight excluding hydrogens is 416 g/mol. The van der Waals surface area contributed by atoms with Crippen molar-refractivity contribution in [3.05, 3.63) is 67.6 Å². The van der Waals surface area contributed by atoms with Gasteiger partial charge in [0.05, 0.1) is 23.8 Å². The minimum Gasteiger partial charge on any atom is -0.463 e. The van der Waals surface area contributed by atoms with Crippen molar-refractivity contribution in [3.8, 4) is 0 Å². The van der Waals surface area contributed by atoms with Gasteiger partial charge >= 0.3 is 5.97 Å². The molecule has 3 rings (SSSR count). The van der Waals surface area contributed by atoms with E-state index in [9.17, 15) is 14.4 Å². The number of carbonyl (C=O) groups is 2. The summed E-state index contributed by atoms with van der Waals surface area (Å²) in [4.78, 5) is 37.4. The Morgan fingerprint density at radius 1 is 1.16 bits per heavy atom. The minimum absolute atomic E-state index is 0.201. The molecule has 0 aliphatic rings. The van der Waals surface area contributed by atoms with E-state index in [1.165, 1.54) is 17.8 Å². The van der Waals surface area contributed by atoms with Crippen LogP contribution < -0.4 is 20.1 Å². The Hall–Kier alpha value is -3.23. The quantitative estimate of drug-likeness (QED) is 0.417. The molecule has 0 saturated heterocycles. The number of rotatable bonds is 8. The number of hydrogen-bond donors (Lipinski definition) is 1. The first-order valence-electron chi connectivity index (χ1n) is 9.86. The normalized spacial score (nSPS) is 12.3. The molecule has 2 aromatic carbocycles. The number of ether oxygens (including phenoxy) is 2. The monoisotopic (exact) mass is 440 g/mol. The van der Waals surface area contributed by atoms with E-state index in [0.717, 1.165) is 27.7 Å². The molecule has 31 heavy (non-hydrogen) atoms. The van der Waals surface area contributed by atoms with E-state index in [4.69, 9.17) is 9.47 Å². The highest BCUT2D eigenvalue weighted by molar-refractivity contribution is 7.07. The molecule has 0 unspecified atom stereocenters. The Labute approximate surface area is 183 Å². The first kappa shape index (κ1) is 22.5. The van der Waals surface area contributed by atoms with Gasteiger partial charge in [-0.15, -0.1) is 11.3 Å². The number of esters is 1. The number of thiazole rings is 1. The van der Waals surface area contributed by atoms with Crippen molar-refractivity contribution in [2.45, 2.75) is 13.5 Å². The summed E-state index contributed by atoms with van der Waals surface area (Å²) in [5.41, 5.74) is 0.547. The van der Waals surface area contributed by atoms with Crippen LogP contribution in [-0.2, 0) is 25.6 Å². The standard InChI is InChI=1S/C23H24N2O5S/c1-3-30-22(27)14-21-25(15-20(26)24-11-12-29-2)23(28)19(31-21)13-17-9-6-8-16-7-4-5-10-18(16)17/h4-10,13-14H,3,11-12,15H2,1-2H3,(H,24,26)/b19-13-,21-14-. The molecule has 1 amide bonds. The molecule has 3 aromatic rings. The number of fused-ring (bicyclic) bond motifs is 1. The zero-order valence-electron chi connectivity index (χ0n) is 17.4. The maximum Gasteiger partial charge on any atom is 0.333 e. The first-order chi connectivity index (χ1) is 15.0. The molecule has 0 bridgehead atoms. The summed E-state index contributed by atoms with van der Waals surface area (Å²) in [7, 11) is 1.54. The Balaban J connectivity index is 2.08. The van der Waals surface area contributed by atoms with Crippen molar-refractivity contribution in [1.82, 2.24) is 9.88 Å². The van der Waals surface area contributed by atoms with Crippen molar-refractivity contribution in [2.75, 3.05) is 26.9 Å². The number of nitrogens with one attached hydrogen (secondary N) is 1. The third-order valence-electron chi connectivity index (χ3n) is 4.50. The number of methoxy groups -OCH3 is 1. The number of nitrogens with zero attached hydrogens (tertiary/aromatic N) is 1. The molecule has 8 heteroatoms. The van der Waals surface area contributed by atoms with Gasteiger partial charge in [-0.3, -0.25) is 14.2 Å². The van der Waals surface area contributed by atoms with Crippen molar-refractivity contribution < 1.29 is 19.1 Å². The minimum atomic E-state index is -0.561. The molecule has 0 saturated carbocycles. The molecule has 0 spiro atoms. The molecule has 162 valence electrons. The van der Waals surface area contributed by atoms with Crippen LogP contribution in [0.5, 0.6) is 0 Å². The fraction of sp³-hybridized carbons (Fsp3) is 0.261. The molecule has 1 heterocycles. The average molecular weight is 441 g/mol. The van der Waals surface area contributed by atoms with E-state index in [0.29, 0.717) is 22.3 Å². The topological polar surface area (TPSA) is 86.6 Å². The van der Waals surface area contributed by atoms with Crippen LogP contribution in [0, 0.1) is 0 Å². The summed E-state index contributed by atoms with van der Waals surface area (Å²) in [6.07, 6.45) is 3.04. The van der Waals surface area contributed by atoms with Crippen molar-refractivity contribution in [1.29, 1.82) is 0 Å². The highest BCUT2D eigenvalue weighted by Gasteiger charge is 2.11. The maximum absolute atomic E-state index is 13.1. The number of aromatic nitrogens is 1. The third-order valence-corrected chi connectivity index (χ3v) is 5.56. The van der Waals surface area contributed by atoms with Gasteiger partial charge in [0.1, 0.15) is 11.2 Å². The molecule has 0 radical (unpaired) electrons. The van der Waals surface area contributed by atoms with Crippen molar-refractivity contribution in [3.63, 3.8) is 0 Å². The summed E-state index contributed by atoms with van der Waals surface area (Å²) in [6.45, 7) is 2.42. The lowest BCUT2D eigenvalue weighted by Crippen LogP contribution is -2.39. The third kappa shape index (κ3) is 5.68. The fourth-order valence-corrected chi connectivity index (χ4v) is 4.11. The Morgan fingerprint density at radius 2 is 1.94 bits per heavy atom. The Kier molecular flexibility index (Phi) is 7.75. The zero-order valence-corrected chi connectivity index (χ0v) is 18.2. The summed E-state index contributed by atoms with van der Waals surface area (Å²) in [6, 6.07) is 13.7. The maximum atomic E-state index is 13.1. The SMILES string of the molecule is CCOC(=O)/C=c1\s/c(=C\c2cccc3ccccc23)c(=O)n1CC(=O)NCCOC. The van der Waals surface area contributed by atoms with Crippen LogP contribution in [0.2, 0.25) is 0 Å². The van der Waals surface area contributed by atoms with Gasteiger partial charge < -0.3 is 14.8 Å². The number of hydrogen-bond acceptors (Lipinski definition) is 6. The van der Waals surface area contributed by atoms with Crippen LogP contribution >= 0.6 is 11.3 Å². The lowest BCUT2D eigenvalue weighted by Gasteiger charge is -2.05. The molecule has 7 nitrogen and oxygen atoms in total. The van der Waals surface area contributed by atoms with Crippen LogP contribution in [0.1, 0.15) is 12.5 Å². The van der Waals surface area contributed by atoms with Gasteiger partial charge in [-0.2, -0.15) is 0 Å². The summed E-state index contributed by atoms with van der Waals surface area (Å²) in [5.74, 6) is -0.902. The predicted octanol–water partition coefficient (Wildman–Crippen LogP) is 0.998. The number of amides is 1. The molecular formula is C23H24N2O5S. The van der Waals surface area contributed by atoms with Gasteiger partial charge in [-0.25, -0.2) is 4.79 Å². The largest absolute Gasteiger partial charge is 0.463 e. The van der Waals surface area contributed by atoms with E-state index < -0.39 is 5.97 Å². The highest BCUT2D eigenvalue weighted by atomic mass is 32.1. The van der Waals surface area contributed by atoms with Gasteiger partial charge in [0.25, 0.3) is 5.56 Å². The van der Waals surface area contributed by atoms with Crippen LogP contribution in [-0.4, -0.2) is 43.3 Å². The van der Waals surface area contributed by atoms with Crippen LogP contribution in [0.4, 0.5) is 0 Å². The second-order valence-corrected chi connectivity index (χ2v) is 7.71. The molecule has 0 aliphatic heterocycles. The predicted molar refractivity (Wildman–Crippen MR) is 121 cm³/mol. The fourth-order valence-electron chi connectivity index (χ4n) is 3.09. The summed E-state index contributed by atoms with van der Waals surface area (Å²) >= 11 is 1.15. The van der Waals surface area contributed by atoms with E-state index >= 15 is 0 Å². The average Bonchev–Trinajstić information content (AvgIpc) is 3.03. The van der Waals surface area contributed by atoms with E-state index in [1.807, 2.05) is 42.5 Å². The van der Waals surface area contributed by atoms with Gasteiger partial charge in [0, 0.05) is 13.7 Å². The lowest BCUT2D eigenvalue weighted by molar-refractivity contribution is -0.135. The molecule has 0 aliphatic carbocycles. The highest BCUT2D eigenvalue weighted by Crippen LogP contribution is 2.18. The van der Waals surface area contributed by atoms with Gasteiger partial charge in [0.15, 0.2) is 0 Å². The van der Waals surface area contributed by atoms with E-state index in [2.05, 4.69) is 5.32 Å². The molecule has 0 atom stereocenters. The van der Waals surface area contributed by atoms with E-state index in [1.54, 1.807) is 13.0 Å². The van der Waals surface area contributed by atoms with Crippen molar-refractivity contribution in [2.24, 2.45) is 0 Å². The summed E-state index contributed by atoms with van der Waals surface area (Å²) in [5, 5.41) is 4.76. The Bertz CT molecular complexity index is 1250. The van der Waals surface area contributed by atoms with Gasteiger partial charge in [-0.05, 0) is 29.3 Å². The first-order valence-corrected chi connectivity index (χ1v) is 10.7. The molecule has 0 fully saturated rings. The Morgan fingerprint density at radius 3 is 2.71 bits per heavy atom. The van der Waals surface area contributed by atoms with E-state index in [-0.39, 0.29) is 24.6 Å². The van der Waals surface area contributed by atoms with Crippen molar-refractivity contribution >= 4 is 46.1 Å². The second-order valence-electron chi connectivity index (χ2n) is 6.65. The number of benzene rings is 2. The second kappa shape index (κ2) is 10.7. The molecule has 1 N–H and O–H groups in total.